The highest BCUT2D eigenvalue weighted by atomic mass is 19.3. The smallest absolute Gasteiger partial charge is 0.387 e. The van der Waals surface area contributed by atoms with Crippen molar-refractivity contribution in [3.63, 3.8) is 0 Å². The second-order valence-electron chi connectivity index (χ2n) is 10.2. The predicted octanol–water partition coefficient (Wildman–Crippen LogP) is 4.46. The summed E-state index contributed by atoms with van der Waals surface area (Å²) in [5.74, 6) is 0.462. The van der Waals surface area contributed by atoms with Gasteiger partial charge in [-0.15, -0.1) is 0 Å². The van der Waals surface area contributed by atoms with E-state index in [2.05, 4.69) is 20.0 Å². The highest BCUT2D eigenvalue weighted by Crippen LogP contribution is 2.28. The summed E-state index contributed by atoms with van der Waals surface area (Å²) in [4.78, 5) is 38.3. The summed E-state index contributed by atoms with van der Waals surface area (Å²) in [6.45, 7) is 2.85. The zero-order valence-corrected chi connectivity index (χ0v) is 23.5. The van der Waals surface area contributed by atoms with Gasteiger partial charge in [0, 0.05) is 55.4 Å². The summed E-state index contributed by atoms with van der Waals surface area (Å²) in [5.41, 5.74) is 10.2. The van der Waals surface area contributed by atoms with E-state index in [1.165, 1.54) is 12.1 Å². The van der Waals surface area contributed by atoms with Crippen molar-refractivity contribution in [1.82, 2.24) is 24.2 Å². The Morgan fingerprint density at radius 2 is 1.76 bits per heavy atom. The van der Waals surface area contributed by atoms with Crippen LogP contribution in [0.2, 0.25) is 0 Å². The van der Waals surface area contributed by atoms with Crippen LogP contribution in [0.25, 0.3) is 16.9 Å². The lowest BCUT2D eigenvalue weighted by molar-refractivity contribution is -0.134. The van der Waals surface area contributed by atoms with E-state index in [0.717, 1.165) is 28.9 Å². The van der Waals surface area contributed by atoms with Crippen molar-refractivity contribution < 1.29 is 23.1 Å². The largest absolute Gasteiger partial charge is 0.435 e. The minimum Gasteiger partial charge on any atom is -0.435 e. The lowest BCUT2D eigenvalue weighted by Gasteiger charge is -2.36. The molecule has 1 aliphatic heterocycles. The second-order valence-corrected chi connectivity index (χ2v) is 10.2. The number of piperazine rings is 1. The first kappa shape index (κ1) is 28.9. The van der Waals surface area contributed by atoms with Crippen molar-refractivity contribution in [2.75, 3.05) is 31.5 Å². The second kappa shape index (κ2) is 12.5. The fourth-order valence-corrected chi connectivity index (χ4v) is 5.12. The number of carbonyl (C=O) groups is 2. The molecule has 12 heteroatoms. The van der Waals surface area contributed by atoms with Gasteiger partial charge in [0.15, 0.2) is 11.5 Å². The number of carbonyl (C=O) groups excluding carboxylic acids is 2. The molecule has 1 aliphatic rings. The molecule has 2 aromatic heterocycles. The minimum absolute atomic E-state index is 0.0545. The third-order valence-electron chi connectivity index (χ3n) is 7.32. The van der Waals surface area contributed by atoms with E-state index in [-0.39, 0.29) is 17.6 Å². The molecule has 2 aromatic carbocycles. The molecule has 5 rings (SSSR count). The molecular formula is C30H33F2N7O3. The maximum absolute atomic E-state index is 13.3. The van der Waals surface area contributed by atoms with Crippen molar-refractivity contribution in [3.05, 3.63) is 72.2 Å². The molecule has 0 bridgehead atoms. The fourth-order valence-electron chi connectivity index (χ4n) is 5.12. The zero-order chi connectivity index (χ0) is 29.8. The van der Waals surface area contributed by atoms with Crippen LogP contribution < -0.4 is 15.8 Å². The maximum atomic E-state index is 13.3. The van der Waals surface area contributed by atoms with E-state index < -0.39 is 12.7 Å². The average Bonchev–Trinajstić information content (AvgIpc) is 3.42. The number of ether oxygens (including phenoxy) is 1. The normalized spacial score (nSPS) is 14.3. The topological polar surface area (TPSA) is 118 Å². The number of nitrogens with two attached hydrogens (primary N) is 1. The summed E-state index contributed by atoms with van der Waals surface area (Å²) in [7, 11) is 0. The van der Waals surface area contributed by atoms with Gasteiger partial charge in [0.05, 0.1) is 17.9 Å². The fraction of sp³-hybridized carbons (Fsp3) is 0.333. The molecule has 3 heterocycles. The number of halogens is 2. The maximum Gasteiger partial charge on any atom is 0.387 e. The molecule has 4 aromatic rings. The van der Waals surface area contributed by atoms with Crippen LogP contribution in [-0.2, 0) is 4.79 Å². The summed E-state index contributed by atoms with van der Waals surface area (Å²) >= 11 is 0. The number of aryl methyl sites for hydroxylation is 1. The van der Waals surface area contributed by atoms with Crippen LogP contribution in [0.5, 0.6) is 5.75 Å². The van der Waals surface area contributed by atoms with E-state index in [1.54, 1.807) is 46.6 Å². The van der Waals surface area contributed by atoms with E-state index in [9.17, 15) is 18.4 Å². The Labute approximate surface area is 242 Å². The predicted molar refractivity (Wildman–Crippen MR) is 155 cm³/mol. The van der Waals surface area contributed by atoms with Gasteiger partial charge in [-0.3, -0.25) is 14.0 Å². The Balaban J connectivity index is 1.27. The molecule has 42 heavy (non-hydrogen) atoms. The summed E-state index contributed by atoms with van der Waals surface area (Å²) < 4.78 is 31.3. The van der Waals surface area contributed by atoms with Crippen molar-refractivity contribution >= 4 is 29.0 Å². The quantitative estimate of drug-likeness (QED) is 0.302. The molecule has 220 valence electrons. The molecule has 2 amide bonds. The number of hydrogen-bond donors (Lipinski definition) is 2. The first-order valence-corrected chi connectivity index (χ1v) is 13.8. The Bertz CT molecular complexity index is 1570. The van der Waals surface area contributed by atoms with Crippen LogP contribution in [0, 0.1) is 6.92 Å². The summed E-state index contributed by atoms with van der Waals surface area (Å²) in [6, 6.07) is 11.3. The van der Waals surface area contributed by atoms with Crippen LogP contribution >= 0.6 is 0 Å². The number of aromatic nitrogens is 3. The number of anilines is 2. The van der Waals surface area contributed by atoms with Crippen molar-refractivity contribution in [2.45, 2.75) is 39.3 Å². The van der Waals surface area contributed by atoms with Gasteiger partial charge in [-0.2, -0.15) is 8.78 Å². The molecule has 1 saturated heterocycles. The van der Waals surface area contributed by atoms with E-state index in [1.807, 2.05) is 30.4 Å². The zero-order valence-electron chi connectivity index (χ0n) is 23.5. The number of imidazole rings is 1. The van der Waals surface area contributed by atoms with E-state index in [0.29, 0.717) is 49.6 Å². The SMILES string of the molecule is CCC[C@H](N)C(=O)N1CCN(C(=O)c2ccc(Nc3nccn4c(-c5ccc(OC(F)F)cc5)cnc34)cc2C)CC1. The van der Waals surface area contributed by atoms with Gasteiger partial charge in [-0.05, 0) is 61.4 Å². The van der Waals surface area contributed by atoms with Crippen LogP contribution in [0.1, 0.15) is 35.7 Å². The molecule has 3 N–H and O–H groups in total. The van der Waals surface area contributed by atoms with Crippen molar-refractivity contribution in [2.24, 2.45) is 5.73 Å². The number of nitrogens with zero attached hydrogens (tertiary/aromatic N) is 5. The summed E-state index contributed by atoms with van der Waals surface area (Å²) in [6.07, 6.45) is 6.59. The Morgan fingerprint density at radius 1 is 1.05 bits per heavy atom. The van der Waals surface area contributed by atoms with Gasteiger partial charge in [0.1, 0.15) is 5.75 Å². The lowest BCUT2D eigenvalue weighted by atomic mass is 10.1. The van der Waals surface area contributed by atoms with Gasteiger partial charge < -0.3 is 25.6 Å². The van der Waals surface area contributed by atoms with Crippen LogP contribution in [0.4, 0.5) is 20.3 Å². The number of alkyl halides is 2. The Morgan fingerprint density at radius 3 is 2.43 bits per heavy atom. The average molecular weight is 578 g/mol. The molecule has 0 radical (unpaired) electrons. The highest BCUT2D eigenvalue weighted by Gasteiger charge is 2.28. The molecule has 0 spiro atoms. The minimum atomic E-state index is -2.88. The first-order chi connectivity index (χ1) is 20.2. The number of fused-ring (bicyclic) bond motifs is 1. The van der Waals surface area contributed by atoms with E-state index in [4.69, 9.17) is 5.73 Å². The van der Waals surface area contributed by atoms with Crippen LogP contribution in [0.3, 0.4) is 0 Å². The van der Waals surface area contributed by atoms with Crippen molar-refractivity contribution in [3.8, 4) is 17.0 Å². The van der Waals surface area contributed by atoms with Gasteiger partial charge >= 0.3 is 6.61 Å². The van der Waals surface area contributed by atoms with Gasteiger partial charge in [0.2, 0.25) is 5.91 Å². The van der Waals surface area contributed by atoms with Gasteiger partial charge in [-0.1, -0.05) is 13.3 Å². The van der Waals surface area contributed by atoms with Crippen molar-refractivity contribution in [1.29, 1.82) is 0 Å². The molecule has 0 saturated carbocycles. The standard InChI is InChI=1S/C30H33F2N7O3/c1-3-4-24(33)29(41)38-15-13-37(14-16-38)28(40)23-10-7-21(17-19(23)2)36-26-27-35-18-25(39(27)12-11-34-26)20-5-8-22(9-6-20)42-30(31)32/h5-12,17-18,24,30H,3-4,13-16,33H2,1-2H3,(H,34,36)/t24-/m0/s1. The number of amides is 2. The third-order valence-corrected chi connectivity index (χ3v) is 7.32. The molecular weight excluding hydrogens is 544 g/mol. The number of hydrogen-bond acceptors (Lipinski definition) is 7. The summed E-state index contributed by atoms with van der Waals surface area (Å²) in [5, 5.41) is 3.29. The van der Waals surface area contributed by atoms with Gasteiger partial charge in [-0.25, -0.2) is 9.97 Å². The monoisotopic (exact) mass is 577 g/mol. The molecule has 0 unspecified atom stereocenters. The van der Waals surface area contributed by atoms with E-state index >= 15 is 0 Å². The number of rotatable bonds is 9. The Kier molecular flexibility index (Phi) is 8.62. The number of benzene rings is 2. The third kappa shape index (κ3) is 6.18. The van der Waals surface area contributed by atoms with Gasteiger partial charge in [0.25, 0.3) is 5.91 Å². The first-order valence-electron chi connectivity index (χ1n) is 13.8. The van der Waals surface area contributed by atoms with Crippen LogP contribution in [-0.4, -0.2) is 74.8 Å². The highest BCUT2D eigenvalue weighted by molar-refractivity contribution is 5.96. The van der Waals surface area contributed by atoms with Crippen LogP contribution in [0.15, 0.2) is 61.1 Å². The molecule has 1 fully saturated rings. The Hall–Kier alpha value is -4.58. The number of nitrogens with one attached hydrogen (secondary N) is 1. The molecule has 1 atom stereocenters. The molecule has 10 nitrogen and oxygen atoms in total. The molecule has 0 aliphatic carbocycles. The lowest BCUT2D eigenvalue weighted by Crippen LogP contribution is -2.54.